The van der Waals surface area contributed by atoms with E-state index >= 15 is 0 Å². The second-order valence-corrected chi connectivity index (χ2v) is 2.75. The number of carboxylic acids is 1. The molecule has 0 amide bonds. The van der Waals surface area contributed by atoms with Gasteiger partial charge in [0.15, 0.2) is 0 Å². The number of allylic oxidation sites excluding steroid dienone is 1. The molecule has 4 heteroatoms. The van der Waals surface area contributed by atoms with Gasteiger partial charge in [-0.2, -0.15) is 0 Å². The van der Waals surface area contributed by atoms with E-state index in [4.69, 9.17) is 14.6 Å². The van der Waals surface area contributed by atoms with Gasteiger partial charge >= 0.3 is 5.97 Å². The largest absolute Gasteiger partial charge is 0.495 e. The summed E-state index contributed by atoms with van der Waals surface area (Å²) < 4.78 is 10.4. The number of hydrogen-bond acceptors (Lipinski definition) is 3. The number of ether oxygens (including phenoxy) is 2. The normalized spacial score (nSPS) is 12.2. The van der Waals surface area contributed by atoms with Gasteiger partial charge in [-0.1, -0.05) is 6.92 Å². The highest BCUT2D eigenvalue weighted by molar-refractivity contribution is 5.86. The van der Waals surface area contributed by atoms with Crippen LogP contribution in [0.1, 0.15) is 27.2 Å². The lowest BCUT2D eigenvalue weighted by Crippen LogP contribution is -2.08. The average Bonchev–Trinajstić information content (AvgIpc) is 2.17. The van der Waals surface area contributed by atoms with Crippen LogP contribution >= 0.6 is 0 Å². The minimum atomic E-state index is -0.932. The molecule has 82 valence electrons. The van der Waals surface area contributed by atoms with Crippen LogP contribution in [0.15, 0.2) is 11.3 Å². The van der Waals surface area contributed by atoms with E-state index in [1.54, 1.807) is 6.92 Å². The highest BCUT2D eigenvalue weighted by Gasteiger charge is 2.08. The van der Waals surface area contributed by atoms with Gasteiger partial charge in [0.05, 0.1) is 12.2 Å². The lowest BCUT2D eigenvalue weighted by atomic mass is 10.2. The van der Waals surface area contributed by atoms with Crippen molar-refractivity contribution >= 4 is 5.97 Å². The van der Waals surface area contributed by atoms with E-state index in [9.17, 15) is 4.79 Å². The Morgan fingerprint density at radius 2 is 1.93 bits per heavy atom. The first-order valence-corrected chi connectivity index (χ1v) is 4.77. The number of carboxylic acid groups (broad SMARTS) is 1. The number of aliphatic carboxylic acids is 1. The standard InChI is InChI=1S/C10H18O4/c1-4-9(8(3)10(11)12)14-7-6-13-5-2/h4-7H2,1-3H3,(H,11,12)/b9-8+. The Labute approximate surface area is 84.5 Å². The third-order valence-corrected chi connectivity index (χ3v) is 1.77. The van der Waals surface area contributed by atoms with E-state index in [2.05, 4.69) is 0 Å². The summed E-state index contributed by atoms with van der Waals surface area (Å²) in [5, 5.41) is 8.72. The molecule has 0 aromatic carbocycles. The first-order valence-electron chi connectivity index (χ1n) is 4.77. The predicted octanol–water partition coefficient (Wildman–Crippen LogP) is 1.81. The molecule has 0 bridgehead atoms. The molecule has 1 N–H and O–H groups in total. The third kappa shape index (κ3) is 4.87. The van der Waals surface area contributed by atoms with Crippen molar-refractivity contribution < 1.29 is 19.4 Å². The van der Waals surface area contributed by atoms with Gasteiger partial charge < -0.3 is 14.6 Å². The smallest absolute Gasteiger partial charge is 0.334 e. The number of rotatable bonds is 7. The molecule has 0 saturated heterocycles. The maximum atomic E-state index is 10.6. The van der Waals surface area contributed by atoms with Crippen LogP contribution in [-0.2, 0) is 14.3 Å². The minimum Gasteiger partial charge on any atom is -0.495 e. The molecule has 0 rings (SSSR count). The molecule has 0 radical (unpaired) electrons. The molecule has 0 aliphatic heterocycles. The van der Waals surface area contributed by atoms with Crippen molar-refractivity contribution in [2.75, 3.05) is 19.8 Å². The van der Waals surface area contributed by atoms with Gasteiger partial charge in [0.1, 0.15) is 12.4 Å². The molecule has 0 aliphatic carbocycles. The maximum Gasteiger partial charge on any atom is 0.334 e. The molecule has 0 atom stereocenters. The van der Waals surface area contributed by atoms with Crippen LogP contribution in [0.5, 0.6) is 0 Å². The summed E-state index contributed by atoms with van der Waals surface area (Å²) in [6.45, 7) is 6.85. The van der Waals surface area contributed by atoms with Crippen LogP contribution in [0.3, 0.4) is 0 Å². The van der Waals surface area contributed by atoms with Crippen LogP contribution in [0.4, 0.5) is 0 Å². The van der Waals surface area contributed by atoms with Crippen LogP contribution < -0.4 is 0 Å². The van der Waals surface area contributed by atoms with Gasteiger partial charge in [-0.15, -0.1) is 0 Å². The Morgan fingerprint density at radius 3 is 2.36 bits per heavy atom. The van der Waals surface area contributed by atoms with Gasteiger partial charge in [-0.05, 0) is 13.8 Å². The van der Waals surface area contributed by atoms with E-state index in [0.717, 1.165) is 0 Å². The van der Waals surface area contributed by atoms with Gasteiger partial charge in [0, 0.05) is 13.0 Å². The average molecular weight is 202 g/mol. The first-order chi connectivity index (χ1) is 6.63. The highest BCUT2D eigenvalue weighted by atomic mass is 16.5. The zero-order valence-corrected chi connectivity index (χ0v) is 9.00. The first kappa shape index (κ1) is 13.0. The van der Waals surface area contributed by atoms with Gasteiger partial charge in [0.25, 0.3) is 0 Å². The quantitative estimate of drug-likeness (QED) is 0.388. The van der Waals surface area contributed by atoms with Crippen molar-refractivity contribution in [3.8, 4) is 0 Å². The molecule has 0 heterocycles. The van der Waals surface area contributed by atoms with Crippen molar-refractivity contribution in [3.05, 3.63) is 11.3 Å². The molecule has 0 aliphatic rings. The van der Waals surface area contributed by atoms with Gasteiger partial charge in [0.2, 0.25) is 0 Å². The van der Waals surface area contributed by atoms with Crippen LogP contribution in [0.25, 0.3) is 0 Å². The van der Waals surface area contributed by atoms with E-state index in [1.165, 1.54) is 0 Å². The van der Waals surface area contributed by atoms with Gasteiger partial charge in [-0.3, -0.25) is 0 Å². The van der Waals surface area contributed by atoms with E-state index < -0.39 is 5.97 Å². The second-order valence-electron chi connectivity index (χ2n) is 2.75. The Morgan fingerprint density at radius 1 is 1.29 bits per heavy atom. The van der Waals surface area contributed by atoms with Crippen molar-refractivity contribution in [2.45, 2.75) is 27.2 Å². The second kappa shape index (κ2) is 7.38. The summed E-state index contributed by atoms with van der Waals surface area (Å²) in [6.07, 6.45) is 0.588. The minimum absolute atomic E-state index is 0.268. The fourth-order valence-electron chi connectivity index (χ4n) is 0.963. The molecule has 0 spiro atoms. The number of carbonyl (C=O) groups is 1. The predicted molar refractivity (Wildman–Crippen MR) is 53.1 cm³/mol. The van der Waals surface area contributed by atoms with E-state index in [-0.39, 0.29) is 5.57 Å². The highest BCUT2D eigenvalue weighted by Crippen LogP contribution is 2.09. The Balaban J connectivity index is 4.02. The summed E-state index contributed by atoms with van der Waals surface area (Å²) in [5.74, 6) is -0.407. The monoisotopic (exact) mass is 202 g/mol. The SMILES string of the molecule is CCOCCO/C(CC)=C(\C)C(=O)O. The van der Waals surface area contributed by atoms with Crippen LogP contribution in [0.2, 0.25) is 0 Å². The fourth-order valence-corrected chi connectivity index (χ4v) is 0.963. The zero-order valence-electron chi connectivity index (χ0n) is 9.00. The van der Waals surface area contributed by atoms with Crippen LogP contribution in [-0.4, -0.2) is 30.9 Å². The van der Waals surface area contributed by atoms with Crippen molar-refractivity contribution in [1.82, 2.24) is 0 Å². The zero-order chi connectivity index (χ0) is 11.0. The molecule has 4 nitrogen and oxygen atoms in total. The summed E-state index contributed by atoms with van der Waals surface area (Å²) in [7, 11) is 0. The molecule has 0 aromatic heterocycles. The third-order valence-electron chi connectivity index (χ3n) is 1.77. The Kier molecular flexibility index (Phi) is 6.84. The van der Waals surface area contributed by atoms with Crippen LogP contribution in [0, 0.1) is 0 Å². The van der Waals surface area contributed by atoms with Crippen molar-refractivity contribution in [3.63, 3.8) is 0 Å². The Bertz CT molecular complexity index is 208. The fraction of sp³-hybridized carbons (Fsp3) is 0.700. The molecule has 0 fully saturated rings. The summed E-state index contributed by atoms with van der Waals surface area (Å²) in [4.78, 5) is 10.6. The van der Waals surface area contributed by atoms with Crippen molar-refractivity contribution in [2.24, 2.45) is 0 Å². The number of hydrogen-bond donors (Lipinski definition) is 1. The molecule has 0 unspecified atom stereocenters. The van der Waals surface area contributed by atoms with E-state index in [1.807, 2.05) is 13.8 Å². The molecule has 14 heavy (non-hydrogen) atoms. The molecular weight excluding hydrogens is 184 g/mol. The summed E-state index contributed by atoms with van der Waals surface area (Å²) >= 11 is 0. The molecule has 0 saturated carbocycles. The molecule has 0 aromatic rings. The summed E-state index contributed by atoms with van der Waals surface area (Å²) in [6, 6.07) is 0. The van der Waals surface area contributed by atoms with Crippen molar-refractivity contribution in [1.29, 1.82) is 0 Å². The van der Waals surface area contributed by atoms with E-state index in [0.29, 0.717) is 32.0 Å². The Hall–Kier alpha value is -1.03. The lowest BCUT2D eigenvalue weighted by molar-refractivity contribution is -0.132. The van der Waals surface area contributed by atoms with Gasteiger partial charge in [-0.25, -0.2) is 4.79 Å². The summed E-state index contributed by atoms with van der Waals surface area (Å²) in [5.41, 5.74) is 0.268. The molecular formula is C10H18O4. The maximum absolute atomic E-state index is 10.6. The lowest BCUT2D eigenvalue weighted by Gasteiger charge is -2.10. The topological polar surface area (TPSA) is 55.8 Å².